The summed E-state index contributed by atoms with van der Waals surface area (Å²) in [6.45, 7) is 3.50. The molecule has 0 heterocycles. The Morgan fingerprint density at radius 3 is 2.43 bits per heavy atom. The Morgan fingerprint density at radius 2 is 1.93 bits per heavy atom. The molecule has 0 spiro atoms. The van der Waals surface area contributed by atoms with Crippen molar-refractivity contribution in [2.45, 2.75) is 24.3 Å². The zero-order chi connectivity index (χ0) is 10.6. The minimum absolute atomic E-state index is 0.722. The largest absolute Gasteiger partial charge is 0.223 e. The molecule has 0 aliphatic heterocycles. The van der Waals surface area contributed by atoms with Gasteiger partial charge in [-0.25, -0.2) is 4.36 Å². The first-order valence-corrected chi connectivity index (χ1v) is 6.16. The van der Waals surface area contributed by atoms with Crippen LogP contribution in [0, 0.1) is 11.3 Å². The molecule has 0 N–H and O–H groups in total. The molecule has 0 saturated carbocycles. The summed E-state index contributed by atoms with van der Waals surface area (Å²) in [5, 5.41) is 8.79. The smallest absolute Gasteiger partial charge is 0.149 e. The molecule has 0 fully saturated rings. The van der Waals surface area contributed by atoms with Crippen molar-refractivity contribution < 1.29 is 0 Å². The SMILES string of the molecule is CC(C)(C#N)N=S(Cl)c1ccccc1. The van der Waals surface area contributed by atoms with Gasteiger partial charge in [0.2, 0.25) is 0 Å². The average Bonchev–Trinajstić information content (AvgIpc) is 2.19. The minimum Gasteiger partial charge on any atom is -0.223 e. The molecule has 14 heavy (non-hydrogen) atoms. The van der Waals surface area contributed by atoms with Gasteiger partial charge in [-0.1, -0.05) is 18.2 Å². The van der Waals surface area contributed by atoms with E-state index in [1.54, 1.807) is 13.8 Å². The van der Waals surface area contributed by atoms with Crippen molar-refractivity contribution in [1.82, 2.24) is 0 Å². The van der Waals surface area contributed by atoms with Gasteiger partial charge < -0.3 is 0 Å². The number of rotatable bonds is 2. The van der Waals surface area contributed by atoms with Crippen LogP contribution in [0.1, 0.15) is 13.8 Å². The monoisotopic (exact) mass is 226 g/mol. The van der Waals surface area contributed by atoms with Gasteiger partial charge in [-0.15, -0.1) is 0 Å². The van der Waals surface area contributed by atoms with Gasteiger partial charge in [-0.05, 0) is 36.7 Å². The van der Waals surface area contributed by atoms with E-state index in [1.807, 2.05) is 30.3 Å². The summed E-state index contributed by atoms with van der Waals surface area (Å²) in [7, 11) is 5.35. The number of benzene rings is 1. The van der Waals surface area contributed by atoms with E-state index in [4.69, 9.17) is 15.9 Å². The molecule has 1 aromatic rings. The van der Waals surface area contributed by atoms with Crippen LogP contribution in [0.2, 0.25) is 0 Å². The van der Waals surface area contributed by atoms with Crippen LogP contribution >= 0.6 is 10.7 Å². The highest BCUT2D eigenvalue weighted by atomic mass is 35.7. The van der Waals surface area contributed by atoms with Gasteiger partial charge in [0.25, 0.3) is 0 Å². The van der Waals surface area contributed by atoms with Crippen LogP contribution in [0.15, 0.2) is 39.6 Å². The summed E-state index contributed by atoms with van der Waals surface area (Å²) in [5.74, 6) is 0. The van der Waals surface area contributed by atoms with E-state index in [0.29, 0.717) is 0 Å². The fourth-order valence-electron chi connectivity index (χ4n) is 0.806. The summed E-state index contributed by atoms with van der Waals surface area (Å²) in [5.41, 5.74) is -0.722. The number of hydrogen-bond donors (Lipinski definition) is 0. The molecule has 0 amide bonds. The number of nitriles is 1. The topological polar surface area (TPSA) is 36.1 Å². The van der Waals surface area contributed by atoms with Gasteiger partial charge in [0.1, 0.15) is 5.54 Å². The quantitative estimate of drug-likeness (QED) is 0.762. The predicted octanol–water partition coefficient (Wildman–Crippen LogP) is 3.30. The van der Waals surface area contributed by atoms with Crippen LogP contribution in [0.4, 0.5) is 0 Å². The van der Waals surface area contributed by atoms with Crippen molar-refractivity contribution in [2.24, 2.45) is 4.36 Å². The highest BCUT2D eigenvalue weighted by molar-refractivity contribution is 8.10. The van der Waals surface area contributed by atoms with E-state index in [2.05, 4.69) is 10.4 Å². The van der Waals surface area contributed by atoms with Crippen molar-refractivity contribution in [3.05, 3.63) is 30.3 Å². The Hall–Kier alpha value is -0.850. The van der Waals surface area contributed by atoms with E-state index in [-0.39, 0.29) is 0 Å². The highest BCUT2D eigenvalue weighted by Crippen LogP contribution is 2.18. The van der Waals surface area contributed by atoms with Gasteiger partial charge in [0.05, 0.1) is 6.07 Å². The van der Waals surface area contributed by atoms with Crippen LogP contribution in [0.3, 0.4) is 0 Å². The van der Waals surface area contributed by atoms with Gasteiger partial charge >= 0.3 is 0 Å². The van der Waals surface area contributed by atoms with Crippen LogP contribution in [-0.4, -0.2) is 5.54 Å². The third-order valence-corrected chi connectivity index (χ3v) is 3.54. The maximum Gasteiger partial charge on any atom is 0.149 e. The van der Waals surface area contributed by atoms with Gasteiger partial charge in [0, 0.05) is 14.8 Å². The first-order chi connectivity index (χ1) is 6.55. The lowest BCUT2D eigenvalue weighted by Crippen LogP contribution is -2.13. The normalized spacial score (nSPS) is 13.6. The Balaban J connectivity index is 2.98. The van der Waals surface area contributed by atoms with Crippen molar-refractivity contribution in [3.63, 3.8) is 0 Å². The standard InChI is InChI=1S/C10H11ClN2S/c1-10(2,8-12)13-14(11)9-6-4-3-5-7-9/h3-7H,1-2H3. The fraction of sp³-hybridized carbons (Fsp3) is 0.300. The molecule has 0 aliphatic carbocycles. The maximum atomic E-state index is 8.79. The molecule has 4 heteroatoms. The van der Waals surface area contributed by atoms with E-state index >= 15 is 0 Å². The third kappa shape index (κ3) is 3.13. The number of halogens is 1. The Morgan fingerprint density at radius 1 is 1.36 bits per heavy atom. The molecule has 0 saturated heterocycles. The van der Waals surface area contributed by atoms with Crippen LogP contribution in [0.5, 0.6) is 0 Å². The molecule has 0 aliphatic rings. The molecule has 0 bridgehead atoms. The first kappa shape index (κ1) is 11.2. The maximum absolute atomic E-state index is 8.79. The lowest BCUT2D eigenvalue weighted by atomic mass is 10.1. The zero-order valence-electron chi connectivity index (χ0n) is 8.07. The van der Waals surface area contributed by atoms with E-state index in [9.17, 15) is 0 Å². The van der Waals surface area contributed by atoms with Crippen molar-refractivity contribution in [1.29, 1.82) is 5.26 Å². The molecule has 1 atom stereocenters. The van der Waals surface area contributed by atoms with Crippen LogP contribution < -0.4 is 0 Å². The zero-order valence-corrected chi connectivity index (χ0v) is 9.64. The molecule has 1 aromatic carbocycles. The summed E-state index contributed by atoms with van der Waals surface area (Å²) in [6, 6.07) is 11.7. The van der Waals surface area contributed by atoms with E-state index < -0.39 is 15.4 Å². The van der Waals surface area contributed by atoms with E-state index in [0.717, 1.165) is 4.90 Å². The Bertz CT molecular complexity index is 379. The fourth-order valence-corrected chi connectivity index (χ4v) is 2.56. The van der Waals surface area contributed by atoms with Gasteiger partial charge in [-0.2, -0.15) is 5.26 Å². The van der Waals surface area contributed by atoms with Gasteiger partial charge in [-0.3, -0.25) is 0 Å². The Labute approximate surface area is 91.1 Å². The molecule has 1 unspecified atom stereocenters. The summed E-state index contributed by atoms with van der Waals surface area (Å²) in [4.78, 5) is 0.942. The first-order valence-electron chi connectivity index (χ1n) is 4.15. The molecule has 1 rings (SSSR count). The number of nitrogens with zero attached hydrogens (tertiary/aromatic N) is 2. The third-order valence-electron chi connectivity index (χ3n) is 1.52. The molecule has 2 nitrogen and oxygen atoms in total. The Kier molecular flexibility index (Phi) is 3.68. The highest BCUT2D eigenvalue weighted by Gasteiger charge is 2.15. The lowest BCUT2D eigenvalue weighted by Gasteiger charge is -2.09. The predicted molar refractivity (Wildman–Crippen MR) is 60.0 cm³/mol. The van der Waals surface area contributed by atoms with Gasteiger partial charge in [0.15, 0.2) is 0 Å². The molecule has 0 radical (unpaired) electrons. The van der Waals surface area contributed by atoms with E-state index in [1.165, 1.54) is 0 Å². The lowest BCUT2D eigenvalue weighted by molar-refractivity contribution is 0.684. The average molecular weight is 227 g/mol. The summed E-state index contributed by atoms with van der Waals surface area (Å²) < 4.78 is 4.23. The molecule has 74 valence electrons. The van der Waals surface area contributed by atoms with Crippen LogP contribution in [0.25, 0.3) is 0 Å². The summed E-state index contributed by atoms with van der Waals surface area (Å²) in [6.07, 6.45) is 0. The molecular weight excluding hydrogens is 216 g/mol. The van der Waals surface area contributed by atoms with Crippen molar-refractivity contribution >= 4 is 20.6 Å². The summed E-state index contributed by atoms with van der Waals surface area (Å²) >= 11 is 0. The van der Waals surface area contributed by atoms with Crippen molar-refractivity contribution in [2.75, 3.05) is 0 Å². The van der Waals surface area contributed by atoms with Crippen LogP contribution in [-0.2, 0) is 9.90 Å². The molecule has 0 aromatic heterocycles. The second-order valence-corrected chi connectivity index (χ2v) is 5.32. The van der Waals surface area contributed by atoms with Crippen molar-refractivity contribution in [3.8, 4) is 6.07 Å². The second kappa shape index (κ2) is 4.59. The second-order valence-electron chi connectivity index (χ2n) is 3.31. The number of hydrogen-bond acceptors (Lipinski definition) is 2. The molecular formula is C10H11ClN2S. The minimum atomic E-state index is -0.728.